The minimum atomic E-state index is 1.02. The van der Waals surface area contributed by atoms with E-state index in [0.29, 0.717) is 0 Å². The third-order valence-electron chi connectivity index (χ3n) is 3.26. The Balaban J connectivity index is 1.60. The maximum Gasteiger partial charge on any atom is 0.0481 e. The van der Waals surface area contributed by atoms with Crippen LogP contribution in [0, 0.1) is 6.92 Å². The molecule has 0 spiro atoms. The Kier molecular flexibility index (Phi) is 4.98. The van der Waals surface area contributed by atoms with E-state index in [-0.39, 0.29) is 0 Å². The van der Waals surface area contributed by atoms with Gasteiger partial charge in [0.25, 0.3) is 0 Å². The Morgan fingerprint density at radius 2 is 1.88 bits per heavy atom. The smallest absolute Gasteiger partial charge is 0.0481 e. The summed E-state index contributed by atoms with van der Waals surface area (Å²) in [5, 5.41) is 6.88. The molecular formula is C14H23N3. The number of benzene rings is 1. The first-order chi connectivity index (χ1) is 8.34. The maximum atomic E-state index is 3.52. The van der Waals surface area contributed by atoms with Crippen molar-refractivity contribution < 1.29 is 0 Å². The summed E-state index contributed by atoms with van der Waals surface area (Å²) in [5.74, 6) is 0. The first kappa shape index (κ1) is 12.6. The summed E-state index contributed by atoms with van der Waals surface area (Å²) >= 11 is 0. The van der Waals surface area contributed by atoms with Crippen LogP contribution in [0.2, 0.25) is 0 Å². The molecule has 1 fully saturated rings. The number of piperazine rings is 1. The van der Waals surface area contributed by atoms with Crippen LogP contribution < -0.4 is 10.6 Å². The quantitative estimate of drug-likeness (QED) is 0.743. The van der Waals surface area contributed by atoms with Gasteiger partial charge in [-0.25, -0.2) is 0 Å². The molecule has 1 aliphatic rings. The highest BCUT2D eigenvalue weighted by molar-refractivity contribution is 5.21. The molecule has 1 heterocycles. The summed E-state index contributed by atoms with van der Waals surface area (Å²) in [6.45, 7) is 8.79. The van der Waals surface area contributed by atoms with Crippen molar-refractivity contribution in [2.45, 2.75) is 13.3 Å². The molecule has 2 rings (SSSR count). The second-order valence-electron chi connectivity index (χ2n) is 4.76. The average molecular weight is 233 g/mol. The lowest BCUT2D eigenvalue weighted by molar-refractivity contribution is 0.224. The van der Waals surface area contributed by atoms with E-state index in [1.165, 1.54) is 11.1 Å². The Bertz CT molecular complexity index is 315. The maximum absolute atomic E-state index is 3.52. The number of nitrogens with one attached hydrogen (secondary N) is 2. The summed E-state index contributed by atoms with van der Waals surface area (Å²) in [4.78, 5) is 2.46. The van der Waals surface area contributed by atoms with Gasteiger partial charge in [-0.05, 0) is 18.9 Å². The van der Waals surface area contributed by atoms with E-state index in [1.54, 1.807) is 0 Å². The Morgan fingerprint density at radius 1 is 1.18 bits per heavy atom. The molecule has 1 saturated heterocycles. The number of hydrogen-bond acceptors (Lipinski definition) is 3. The molecule has 0 radical (unpaired) electrons. The topological polar surface area (TPSA) is 27.3 Å². The lowest BCUT2D eigenvalue weighted by Crippen LogP contribution is -2.47. The molecule has 94 valence electrons. The monoisotopic (exact) mass is 233 g/mol. The van der Waals surface area contributed by atoms with E-state index in [1.807, 2.05) is 0 Å². The van der Waals surface area contributed by atoms with Gasteiger partial charge in [-0.15, -0.1) is 0 Å². The van der Waals surface area contributed by atoms with Crippen molar-refractivity contribution >= 4 is 0 Å². The van der Waals surface area contributed by atoms with Crippen LogP contribution in [0.5, 0.6) is 0 Å². The molecule has 0 unspecified atom stereocenters. The van der Waals surface area contributed by atoms with Crippen molar-refractivity contribution in [1.82, 2.24) is 15.5 Å². The van der Waals surface area contributed by atoms with Crippen LogP contribution in [0.3, 0.4) is 0 Å². The van der Waals surface area contributed by atoms with Crippen LogP contribution in [-0.4, -0.2) is 44.3 Å². The van der Waals surface area contributed by atoms with Crippen molar-refractivity contribution in [2.75, 3.05) is 39.4 Å². The average Bonchev–Trinajstić information content (AvgIpc) is 2.38. The van der Waals surface area contributed by atoms with E-state index < -0.39 is 0 Å². The van der Waals surface area contributed by atoms with Crippen molar-refractivity contribution in [1.29, 1.82) is 0 Å². The SMILES string of the molecule is Cc1ccc(CCNCN2CCNCC2)cc1. The van der Waals surface area contributed by atoms with Crippen molar-refractivity contribution in [2.24, 2.45) is 0 Å². The molecule has 1 aliphatic heterocycles. The Hall–Kier alpha value is -0.900. The van der Waals surface area contributed by atoms with Gasteiger partial charge in [0.05, 0.1) is 0 Å². The third kappa shape index (κ3) is 4.46. The minimum absolute atomic E-state index is 1.02. The Morgan fingerprint density at radius 3 is 2.59 bits per heavy atom. The van der Waals surface area contributed by atoms with E-state index in [0.717, 1.165) is 45.8 Å². The van der Waals surface area contributed by atoms with Crippen LogP contribution in [0.4, 0.5) is 0 Å². The second kappa shape index (κ2) is 6.74. The number of nitrogens with zero attached hydrogens (tertiary/aromatic N) is 1. The molecule has 2 N–H and O–H groups in total. The molecular weight excluding hydrogens is 210 g/mol. The summed E-state index contributed by atoms with van der Waals surface area (Å²) in [7, 11) is 0. The summed E-state index contributed by atoms with van der Waals surface area (Å²) in [6.07, 6.45) is 1.12. The third-order valence-corrected chi connectivity index (χ3v) is 3.26. The highest BCUT2D eigenvalue weighted by atomic mass is 15.2. The fourth-order valence-electron chi connectivity index (χ4n) is 2.09. The highest BCUT2D eigenvalue weighted by Crippen LogP contribution is 2.03. The largest absolute Gasteiger partial charge is 0.314 e. The van der Waals surface area contributed by atoms with Crippen LogP contribution in [0.25, 0.3) is 0 Å². The van der Waals surface area contributed by atoms with Gasteiger partial charge in [0.2, 0.25) is 0 Å². The van der Waals surface area contributed by atoms with Crippen LogP contribution >= 0.6 is 0 Å². The predicted molar refractivity (Wildman–Crippen MR) is 72.2 cm³/mol. The molecule has 0 saturated carbocycles. The lowest BCUT2D eigenvalue weighted by Gasteiger charge is -2.27. The van der Waals surface area contributed by atoms with Gasteiger partial charge in [-0.1, -0.05) is 29.8 Å². The van der Waals surface area contributed by atoms with Gasteiger partial charge in [0.1, 0.15) is 0 Å². The fourth-order valence-corrected chi connectivity index (χ4v) is 2.09. The number of aryl methyl sites for hydroxylation is 1. The van der Waals surface area contributed by atoms with Crippen molar-refractivity contribution in [3.8, 4) is 0 Å². The minimum Gasteiger partial charge on any atom is -0.314 e. The van der Waals surface area contributed by atoms with Gasteiger partial charge < -0.3 is 10.6 Å². The highest BCUT2D eigenvalue weighted by Gasteiger charge is 2.07. The van der Waals surface area contributed by atoms with Gasteiger partial charge in [-0.3, -0.25) is 4.90 Å². The van der Waals surface area contributed by atoms with Gasteiger partial charge in [-0.2, -0.15) is 0 Å². The molecule has 0 bridgehead atoms. The van der Waals surface area contributed by atoms with Gasteiger partial charge in [0.15, 0.2) is 0 Å². The van der Waals surface area contributed by atoms with E-state index in [9.17, 15) is 0 Å². The zero-order valence-electron chi connectivity index (χ0n) is 10.7. The zero-order valence-corrected chi connectivity index (χ0v) is 10.7. The molecule has 0 atom stereocenters. The summed E-state index contributed by atoms with van der Waals surface area (Å²) in [5.41, 5.74) is 2.76. The molecule has 3 heteroatoms. The van der Waals surface area contributed by atoms with E-state index in [4.69, 9.17) is 0 Å². The van der Waals surface area contributed by atoms with Crippen LogP contribution in [0.15, 0.2) is 24.3 Å². The van der Waals surface area contributed by atoms with E-state index in [2.05, 4.69) is 46.7 Å². The normalized spacial score (nSPS) is 17.2. The van der Waals surface area contributed by atoms with Crippen LogP contribution in [-0.2, 0) is 6.42 Å². The predicted octanol–water partition coefficient (Wildman–Crippen LogP) is 0.990. The first-order valence-electron chi connectivity index (χ1n) is 6.54. The van der Waals surface area contributed by atoms with Crippen LogP contribution in [0.1, 0.15) is 11.1 Å². The molecule has 1 aromatic rings. The second-order valence-corrected chi connectivity index (χ2v) is 4.76. The standard InChI is InChI=1S/C14H23N3/c1-13-2-4-14(5-3-13)6-7-16-12-17-10-8-15-9-11-17/h2-5,15-16H,6-12H2,1H3. The number of rotatable bonds is 5. The number of hydrogen-bond donors (Lipinski definition) is 2. The zero-order chi connectivity index (χ0) is 11.9. The lowest BCUT2D eigenvalue weighted by atomic mass is 10.1. The van der Waals surface area contributed by atoms with E-state index >= 15 is 0 Å². The fraction of sp³-hybridized carbons (Fsp3) is 0.571. The first-order valence-corrected chi connectivity index (χ1v) is 6.54. The molecule has 0 aliphatic carbocycles. The molecule has 1 aromatic carbocycles. The van der Waals surface area contributed by atoms with Gasteiger partial charge >= 0.3 is 0 Å². The molecule has 0 aromatic heterocycles. The van der Waals surface area contributed by atoms with Crippen molar-refractivity contribution in [3.05, 3.63) is 35.4 Å². The Labute approximate surface area is 104 Å². The molecule has 0 amide bonds. The molecule has 17 heavy (non-hydrogen) atoms. The summed E-state index contributed by atoms with van der Waals surface area (Å²) in [6, 6.07) is 8.82. The van der Waals surface area contributed by atoms with Gasteiger partial charge in [0, 0.05) is 39.4 Å². The molecule has 3 nitrogen and oxygen atoms in total. The van der Waals surface area contributed by atoms with Crippen molar-refractivity contribution in [3.63, 3.8) is 0 Å². The summed E-state index contributed by atoms with van der Waals surface area (Å²) < 4.78 is 0.